The topological polar surface area (TPSA) is 42.0 Å². The molecule has 17 heavy (non-hydrogen) atoms. The molecule has 1 amide bonds. The van der Waals surface area contributed by atoms with Crippen LogP contribution in [0.4, 0.5) is 0 Å². The molecule has 1 atom stereocenters. The molecule has 0 aromatic carbocycles. The minimum Gasteiger partial charge on any atom is -0.360 e. The van der Waals surface area contributed by atoms with Gasteiger partial charge in [0, 0.05) is 13.6 Å². The van der Waals surface area contributed by atoms with Crippen molar-refractivity contribution in [2.45, 2.75) is 45.3 Å². The number of amides is 1. The van der Waals surface area contributed by atoms with E-state index in [2.05, 4.69) is 4.90 Å². The largest absolute Gasteiger partial charge is 0.360 e. The zero-order valence-electron chi connectivity index (χ0n) is 11.5. The van der Waals surface area contributed by atoms with Crippen LogP contribution in [0.25, 0.3) is 0 Å². The minimum absolute atomic E-state index is 0.00232. The van der Waals surface area contributed by atoms with Gasteiger partial charge in [0.1, 0.15) is 6.73 Å². The van der Waals surface area contributed by atoms with Crippen LogP contribution in [0, 0.1) is 0 Å². The maximum absolute atomic E-state index is 12.0. The number of carbonyl (C=O) groups excluding carboxylic acids is 1. The number of hydrogen-bond acceptors (Lipinski definition) is 4. The van der Waals surface area contributed by atoms with Crippen LogP contribution < -0.4 is 0 Å². The van der Waals surface area contributed by atoms with Gasteiger partial charge in [0.15, 0.2) is 0 Å². The predicted molar refractivity (Wildman–Crippen MR) is 65.2 cm³/mol. The summed E-state index contributed by atoms with van der Waals surface area (Å²) in [6.07, 6.45) is 1.90. The Hall–Kier alpha value is -0.650. The van der Waals surface area contributed by atoms with Gasteiger partial charge >= 0.3 is 0 Å². The highest BCUT2D eigenvalue weighted by atomic mass is 16.7. The van der Waals surface area contributed by atoms with Crippen LogP contribution in [0.15, 0.2) is 0 Å². The van der Waals surface area contributed by atoms with E-state index in [1.807, 2.05) is 20.8 Å². The van der Waals surface area contributed by atoms with Gasteiger partial charge in [0.25, 0.3) is 5.91 Å². The molecule has 5 heteroatoms. The number of nitrogens with zero attached hydrogens (tertiary/aromatic N) is 2. The molecule has 0 aliphatic carbocycles. The molecule has 5 nitrogen and oxygen atoms in total. The first-order valence-electron chi connectivity index (χ1n) is 6.05. The van der Waals surface area contributed by atoms with Gasteiger partial charge in [-0.1, -0.05) is 0 Å². The lowest BCUT2D eigenvalue weighted by Crippen LogP contribution is -2.45. The van der Waals surface area contributed by atoms with Gasteiger partial charge in [-0.2, -0.15) is 0 Å². The summed E-state index contributed by atoms with van der Waals surface area (Å²) >= 11 is 0. The van der Waals surface area contributed by atoms with E-state index in [1.165, 1.54) is 12.2 Å². The Morgan fingerprint density at radius 1 is 1.47 bits per heavy atom. The fourth-order valence-corrected chi connectivity index (χ4v) is 1.84. The molecule has 0 aromatic rings. The molecule has 1 saturated heterocycles. The zero-order valence-corrected chi connectivity index (χ0v) is 11.5. The SMILES string of the molecule is CON(C)C(=O)[C@H]1CCCN1COC(C)(C)C. The average Bonchev–Trinajstić information content (AvgIpc) is 2.71. The number of likely N-dealkylation sites (tertiary alicyclic amines) is 1. The Kier molecular flexibility index (Phi) is 4.91. The van der Waals surface area contributed by atoms with Crippen molar-refractivity contribution >= 4 is 5.91 Å². The van der Waals surface area contributed by atoms with E-state index >= 15 is 0 Å². The number of hydroxylamine groups is 2. The molecule has 1 aliphatic rings. The lowest BCUT2D eigenvalue weighted by atomic mass is 10.2. The maximum Gasteiger partial charge on any atom is 0.263 e. The first-order chi connectivity index (χ1) is 7.85. The minimum atomic E-state index is -0.177. The van der Waals surface area contributed by atoms with Crippen molar-refractivity contribution in [2.75, 3.05) is 27.4 Å². The molecule has 0 bridgehead atoms. The standard InChI is InChI=1S/C12H24N2O3/c1-12(2,3)17-9-14-8-6-7-10(14)11(15)13(4)16-5/h10H,6-9H2,1-5H3/t10-/m1/s1. The highest BCUT2D eigenvalue weighted by Gasteiger charge is 2.33. The van der Waals surface area contributed by atoms with Crippen molar-refractivity contribution in [3.8, 4) is 0 Å². The van der Waals surface area contributed by atoms with Gasteiger partial charge in [-0.25, -0.2) is 5.06 Å². The molecule has 0 radical (unpaired) electrons. The van der Waals surface area contributed by atoms with Crippen molar-refractivity contribution < 1.29 is 14.4 Å². The van der Waals surface area contributed by atoms with E-state index in [9.17, 15) is 4.79 Å². The zero-order chi connectivity index (χ0) is 13.1. The second kappa shape index (κ2) is 5.80. The first-order valence-corrected chi connectivity index (χ1v) is 6.05. The highest BCUT2D eigenvalue weighted by molar-refractivity contribution is 5.80. The highest BCUT2D eigenvalue weighted by Crippen LogP contribution is 2.20. The lowest BCUT2D eigenvalue weighted by molar-refractivity contribution is -0.176. The van der Waals surface area contributed by atoms with E-state index in [-0.39, 0.29) is 17.6 Å². The third-order valence-electron chi connectivity index (χ3n) is 2.90. The lowest BCUT2D eigenvalue weighted by Gasteiger charge is -2.29. The summed E-state index contributed by atoms with van der Waals surface area (Å²) in [5.74, 6) is 0.00232. The maximum atomic E-state index is 12.0. The fourth-order valence-electron chi connectivity index (χ4n) is 1.84. The average molecular weight is 244 g/mol. The molecular formula is C12H24N2O3. The van der Waals surface area contributed by atoms with Crippen molar-refractivity contribution in [3.63, 3.8) is 0 Å². The monoisotopic (exact) mass is 244 g/mol. The van der Waals surface area contributed by atoms with Gasteiger partial charge in [-0.3, -0.25) is 14.5 Å². The molecule has 0 unspecified atom stereocenters. The van der Waals surface area contributed by atoms with Crippen LogP contribution in [-0.2, 0) is 14.4 Å². The summed E-state index contributed by atoms with van der Waals surface area (Å²) in [5.41, 5.74) is -0.177. The van der Waals surface area contributed by atoms with E-state index in [4.69, 9.17) is 9.57 Å². The third kappa shape index (κ3) is 4.26. The smallest absolute Gasteiger partial charge is 0.263 e. The van der Waals surface area contributed by atoms with Crippen LogP contribution in [0.2, 0.25) is 0 Å². The summed E-state index contributed by atoms with van der Waals surface area (Å²) in [4.78, 5) is 19.0. The van der Waals surface area contributed by atoms with Crippen LogP contribution in [0.1, 0.15) is 33.6 Å². The van der Waals surface area contributed by atoms with Gasteiger partial charge in [0.05, 0.1) is 18.8 Å². The summed E-state index contributed by atoms with van der Waals surface area (Å²) in [7, 11) is 3.15. The number of ether oxygens (including phenoxy) is 1. The molecule has 0 aromatic heterocycles. The summed E-state index contributed by atoms with van der Waals surface area (Å²) in [6, 6.07) is -0.109. The normalized spacial score (nSPS) is 21.8. The molecule has 0 spiro atoms. The Morgan fingerprint density at radius 2 is 2.12 bits per heavy atom. The van der Waals surface area contributed by atoms with Crippen LogP contribution >= 0.6 is 0 Å². The van der Waals surface area contributed by atoms with Crippen molar-refractivity contribution in [2.24, 2.45) is 0 Å². The van der Waals surface area contributed by atoms with E-state index in [1.54, 1.807) is 7.05 Å². The van der Waals surface area contributed by atoms with Gasteiger partial charge in [-0.15, -0.1) is 0 Å². The number of rotatable bonds is 4. The Bertz CT molecular complexity index is 263. The van der Waals surface area contributed by atoms with Crippen molar-refractivity contribution in [3.05, 3.63) is 0 Å². The van der Waals surface area contributed by atoms with Gasteiger partial charge < -0.3 is 4.74 Å². The van der Waals surface area contributed by atoms with Crippen LogP contribution in [0.5, 0.6) is 0 Å². The molecule has 1 fully saturated rings. The van der Waals surface area contributed by atoms with Crippen LogP contribution in [0.3, 0.4) is 0 Å². The molecule has 1 heterocycles. The Morgan fingerprint density at radius 3 is 2.65 bits per heavy atom. The van der Waals surface area contributed by atoms with Gasteiger partial charge in [-0.05, 0) is 33.6 Å². The number of hydrogen-bond donors (Lipinski definition) is 0. The summed E-state index contributed by atoms with van der Waals surface area (Å²) < 4.78 is 5.72. The molecular weight excluding hydrogens is 220 g/mol. The third-order valence-corrected chi connectivity index (χ3v) is 2.90. The van der Waals surface area contributed by atoms with E-state index < -0.39 is 0 Å². The van der Waals surface area contributed by atoms with Crippen LogP contribution in [-0.4, -0.2) is 54.9 Å². The molecule has 1 aliphatic heterocycles. The summed E-state index contributed by atoms with van der Waals surface area (Å²) in [5, 5.41) is 1.29. The second-order valence-electron chi connectivity index (χ2n) is 5.37. The molecule has 0 saturated carbocycles. The fraction of sp³-hybridized carbons (Fsp3) is 0.917. The predicted octanol–water partition coefficient (Wildman–Crippen LogP) is 1.24. The second-order valence-corrected chi connectivity index (χ2v) is 5.37. The van der Waals surface area contributed by atoms with Gasteiger partial charge in [0.2, 0.25) is 0 Å². The Labute approximate surface area is 104 Å². The summed E-state index contributed by atoms with van der Waals surface area (Å²) in [6.45, 7) is 7.45. The van der Waals surface area contributed by atoms with Crippen molar-refractivity contribution in [1.29, 1.82) is 0 Å². The number of carbonyl (C=O) groups is 1. The number of likely N-dealkylation sites (N-methyl/N-ethyl adjacent to an activating group) is 1. The van der Waals surface area contributed by atoms with E-state index in [0.29, 0.717) is 6.73 Å². The molecule has 0 N–H and O–H groups in total. The first kappa shape index (κ1) is 14.4. The molecule has 1 rings (SSSR count). The van der Waals surface area contributed by atoms with E-state index in [0.717, 1.165) is 19.4 Å². The van der Waals surface area contributed by atoms with Crippen molar-refractivity contribution in [1.82, 2.24) is 9.96 Å². The molecule has 100 valence electrons. The quantitative estimate of drug-likeness (QED) is 0.698. The Balaban J connectivity index is 2.52.